The van der Waals surface area contributed by atoms with Crippen molar-refractivity contribution in [1.29, 1.82) is 0 Å². The monoisotopic (exact) mass is 161 g/mol. The normalized spacial score (nSPS) is 10.8. The minimum atomic E-state index is 0.538. The van der Waals surface area contributed by atoms with E-state index in [0.29, 0.717) is 6.54 Å². The Hall–Kier alpha value is -1.28. The molecule has 0 saturated carbocycles. The Morgan fingerprint density at radius 2 is 2.25 bits per heavy atom. The zero-order valence-corrected chi connectivity index (χ0v) is 7.00. The zero-order chi connectivity index (χ0) is 8.55. The van der Waals surface area contributed by atoms with Crippen molar-refractivity contribution >= 4 is 11.0 Å². The van der Waals surface area contributed by atoms with Crippen molar-refractivity contribution in [3.8, 4) is 0 Å². The first-order valence-electron chi connectivity index (χ1n) is 3.98. The van der Waals surface area contributed by atoms with Gasteiger partial charge in [-0.2, -0.15) is 0 Å². The van der Waals surface area contributed by atoms with Gasteiger partial charge < -0.3 is 10.2 Å². The lowest BCUT2D eigenvalue weighted by atomic mass is 10.1. The van der Waals surface area contributed by atoms with Gasteiger partial charge in [0.05, 0.1) is 6.26 Å². The maximum Gasteiger partial charge on any atom is 0.134 e. The van der Waals surface area contributed by atoms with Crippen LogP contribution in [-0.4, -0.2) is 0 Å². The molecule has 12 heavy (non-hydrogen) atoms. The van der Waals surface area contributed by atoms with E-state index in [1.54, 1.807) is 6.26 Å². The fourth-order valence-corrected chi connectivity index (χ4v) is 1.35. The summed E-state index contributed by atoms with van der Waals surface area (Å²) in [6, 6.07) is 6.14. The van der Waals surface area contributed by atoms with E-state index < -0.39 is 0 Å². The molecule has 0 fully saturated rings. The first-order valence-corrected chi connectivity index (χ1v) is 3.98. The van der Waals surface area contributed by atoms with Crippen LogP contribution >= 0.6 is 0 Å². The summed E-state index contributed by atoms with van der Waals surface area (Å²) >= 11 is 0. The molecule has 0 radical (unpaired) electrons. The molecular weight excluding hydrogens is 150 g/mol. The van der Waals surface area contributed by atoms with Crippen molar-refractivity contribution < 1.29 is 4.42 Å². The van der Waals surface area contributed by atoms with E-state index in [-0.39, 0.29) is 0 Å². The topological polar surface area (TPSA) is 39.2 Å². The number of hydrogen-bond donors (Lipinski definition) is 1. The van der Waals surface area contributed by atoms with Crippen molar-refractivity contribution in [2.24, 2.45) is 5.73 Å². The Bertz CT molecular complexity index is 403. The molecule has 0 saturated heterocycles. The fraction of sp³-hybridized carbons (Fsp3) is 0.200. The van der Waals surface area contributed by atoms with Gasteiger partial charge in [0.2, 0.25) is 0 Å². The van der Waals surface area contributed by atoms with Crippen LogP contribution in [0.1, 0.15) is 11.1 Å². The van der Waals surface area contributed by atoms with Gasteiger partial charge in [0.15, 0.2) is 0 Å². The van der Waals surface area contributed by atoms with Crippen LogP contribution in [0.25, 0.3) is 11.0 Å². The van der Waals surface area contributed by atoms with Gasteiger partial charge in [0.25, 0.3) is 0 Å². The third-order valence-corrected chi connectivity index (χ3v) is 2.03. The minimum absolute atomic E-state index is 0.538. The van der Waals surface area contributed by atoms with Crippen molar-refractivity contribution in [1.82, 2.24) is 0 Å². The van der Waals surface area contributed by atoms with Gasteiger partial charge in [-0.25, -0.2) is 0 Å². The molecule has 2 nitrogen and oxygen atoms in total. The first-order chi connectivity index (χ1) is 5.81. The molecule has 0 aliphatic carbocycles. The van der Waals surface area contributed by atoms with Crippen LogP contribution in [-0.2, 0) is 6.54 Å². The van der Waals surface area contributed by atoms with Crippen LogP contribution in [0.4, 0.5) is 0 Å². The predicted octanol–water partition coefficient (Wildman–Crippen LogP) is 2.20. The molecule has 0 unspecified atom stereocenters. The number of benzene rings is 1. The quantitative estimate of drug-likeness (QED) is 0.696. The maximum atomic E-state index is 5.54. The van der Waals surface area contributed by atoms with Crippen LogP contribution in [0, 0.1) is 6.92 Å². The number of nitrogens with two attached hydrogens (primary N) is 1. The molecule has 2 rings (SSSR count). The minimum Gasteiger partial charge on any atom is -0.464 e. The summed E-state index contributed by atoms with van der Waals surface area (Å²) < 4.78 is 5.34. The highest BCUT2D eigenvalue weighted by atomic mass is 16.3. The highest BCUT2D eigenvalue weighted by molar-refractivity contribution is 5.81. The van der Waals surface area contributed by atoms with E-state index in [1.807, 2.05) is 13.0 Å². The summed E-state index contributed by atoms with van der Waals surface area (Å²) in [5.74, 6) is 0. The van der Waals surface area contributed by atoms with Gasteiger partial charge in [-0.3, -0.25) is 0 Å². The summed E-state index contributed by atoms with van der Waals surface area (Å²) in [7, 11) is 0. The van der Waals surface area contributed by atoms with Gasteiger partial charge in [-0.1, -0.05) is 12.1 Å². The summed E-state index contributed by atoms with van der Waals surface area (Å²) in [5.41, 5.74) is 8.75. The molecule has 1 aromatic carbocycles. The van der Waals surface area contributed by atoms with Crippen molar-refractivity contribution in [3.05, 3.63) is 35.6 Å². The van der Waals surface area contributed by atoms with Gasteiger partial charge in [-0.15, -0.1) is 0 Å². The Labute approximate surface area is 71.0 Å². The lowest BCUT2D eigenvalue weighted by molar-refractivity contribution is 0.610. The standard InChI is InChI=1S/C10H11NO/c1-7-2-3-9-8(5-11)6-12-10(9)4-7/h2-4,6H,5,11H2,1H3. The Morgan fingerprint density at radius 3 is 3.00 bits per heavy atom. The van der Waals surface area contributed by atoms with Crippen LogP contribution in [0.3, 0.4) is 0 Å². The van der Waals surface area contributed by atoms with Crippen molar-refractivity contribution in [2.75, 3.05) is 0 Å². The molecule has 2 heteroatoms. The fourth-order valence-electron chi connectivity index (χ4n) is 1.35. The van der Waals surface area contributed by atoms with Crippen LogP contribution in [0.5, 0.6) is 0 Å². The van der Waals surface area contributed by atoms with E-state index in [2.05, 4.69) is 12.1 Å². The average Bonchev–Trinajstić information content (AvgIpc) is 2.46. The second-order valence-electron chi connectivity index (χ2n) is 2.96. The Morgan fingerprint density at radius 1 is 1.42 bits per heavy atom. The van der Waals surface area contributed by atoms with Crippen LogP contribution in [0.2, 0.25) is 0 Å². The van der Waals surface area contributed by atoms with Crippen LogP contribution < -0.4 is 5.73 Å². The van der Waals surface area contributed by atoms with E-state index in [0.717, 1.165) is 16.5 Å². The van der Waals surface area contributed by atoms with E-state index in [4.69, 9.17) is 10.2 Å². The molecule has 0 aliphatic rings. The molecule has 2 N–H and O–H groups in total. The number of furan rings is 1. The number of fused-ring (bicyclic) bond motifs is 1. The average molecular weight is 161 g/mol. The van der Waals surface area contributed by atoms with Gasteiger partial charge in [0, 0.05) is 17.5 Å². The summed E-state index contributed by atoms with van der Waals surface area (Å²) in [4.78, 5) is 0. The second-order valence-corrected chi connectivity index (χ2v) is 2.96. The summed E-state index contributed by atoms with van der Waals surface area (Å²) in [6.07, 6.45) is 1.73. The highest BCUT2D eigenvalue weighted by Crippen LogP contribution is 2.21. The number of rotatable bonds is 1. The number of aryl methyl sites for hydroxylation is 1. The lowest BCUT2D eigenvalue weighted by Gasteiger charge is -1.92. The maximum absolute atomic E-state index is 5.54. The smallest absolute Gasteiger partial charge is 0.134 e. The predicted molar refractivity (Wildman–Crippen MR) is 48.8 cm³/mol. The lowest BCUT2D eigenvalue weighted by Crippen LogP contribution is -1.93. The third-order valence-electron chi connectivity index (χ3n) is 2.03. The molecule has 0 bridgehead atoms. The summed E-state index contributed by atoms with van der Waals surface area (Å²) in [6.45, 7) is 2.58. The second kappa shape index (κ2) is 2.64. The SMILES string of the molecule is Cc1ccc2c(CN)coc2c1. The third kappa shape index (κ3) is 1.01. The van der Waals surface area contributed by atoms with Crippen LogP contribution in [0.15, 0.2) is 28.9 Å². The Kier molecular flexibility index (Phi) is 1.62. The van der Waals surface area contributed by atoms with Gasteiger partial charge >= 0.3 is 0 Å². The Balaban J connectivity index is 2.73. The largest absolute Gasteiger partial charge is 0.464 e. The molecule has 0 aliphatic heterocycles. The molecule has 0 spiro atoms. The molecule has 0 amide bonds. The molecule has 0 atom stereocenters. The molecule has 2 aromatic rings. The molecule has 1 heterocycles. The van der Waals surface area contributed by atoms with E-state index in [9.17, 15) is 0 Å². The van der Waals surface area contributed by atoms with E-state index >= 15 is 0 Å². The van der Waals surface area contributed by atoms with Gasteiger partial charge in [0.1, 0.15) is 5.58 Å². The zero-order valence-electron chi connectivity index (χ0n) is 7.00. The molecular formula is C10H11NO. The first kappa shape index (κ1) is 7.37. The summed E-state index contributed by atoms with van der Waals surface area (Å²) in [5, 5.41) is 1.13. The van der Waals surface area contributed by atoms with Crippen molar-refractivity contribution in [2.45, 2.75) is 13.5 Å². The van der Waals surface area contributed by atoms with E-state index in [1.165, 1.54) is 5.56 Å². The van der Waals surface area contributed by atoms with Crippen molar-refractivity contribution in [3.63, 3.8) is 0 Å². The molecule has 62 valence electrons. The highest BCUT2D eigenvalue weighted by Gasteiger charge is 2.02. The molecule has 1 aromatic heterocycles. The van der Waals surface area contributed by atoms with Gasteiger partial charge in [-0.05, 0) is 18.6 Å². The number of hydrogen-bond acceptors (Lipinski definition) is 2.